The number of halogens is 3. The number of alkyl halides is 3. The third kappa shape index (κ3) is 5.58. The van der Waals surface area contributed by atoms with Crippen molar-refractivity contribution in [2.24, 2.45) is 0 Å². The van der Waals surface area contributed by atoms with Gasteiger partial charge in [-0.15, -0.1) is 0 Å². The first kappa shape index (κ1) is 18.4. The average molecular weight is 334 g/mol. The van der Waals surface area contributed by atoms with Gasteiger partial charge in [-0.25, -0.2) is 9.69 Å². The number of aliphatic carboxylic acids is 1. The van der Waals surface area contributed by atoms with E-state index in [1.54, 1.807) is 0 Å². The number of β-lactam (4-membered cyclic amide) rings is 1. The monoisotopic (exact) mass is 334 g/mol. The van der Waals surface area contributed by atoms with E-state index in [1.165, 1.54) is 0 Å². The molecule has 3 N–H and O–H groups in total. The first-order chi connectivity index (χ1) is 10.6. The van der Waals surface area contributed by atoms with E-state index in [4.69, 9.17) is 14.6 Å². The molecular formula is C13H13F3N2O5. The lowest BCUT2D eigenvalue weighted by molar-refractivity contribution is -0.419. The van der Waals surface area contributed by atoms with Crippen LogP contribution in [0.2, 0.25) is 0 Å². The summed E-state index contributed by atoms with van der Waals surface area (Å²) in [6.45, 7) is 0.539. The van der Waals surface area contributed by atoms with E-state index in [-0.39, 0.29) is 18.6 Å². The van der Waals surface area contributed by atoms with Crippen molar-refractivity contribution in [3.8, 4) is 0 Å². The summed E-state index contributed by atoms with van der Waals surface area (Å²) >= 11 is 0. The molecule has 0 radical (unpaired) electrons. The summed E-state index contributed by atoms with van der Waals surface area (Å²) in [5.41, 5.74) is 4.47. The van der Waals surface area contributed by atoms with Crippen LogP contribution in [0.5, 0.6) is 0 Å². The molecule has 0 bridgehead atoms. The molecule has 126 valence electrons. The van der Waals surface area contributed by atoms with Gasteiger partial charge in [-0.3, -0.25) is 4.79 Å². The molecule has 0 unspecified atom stereocenters. The Hall–Kier alpha value is -2.62. The maximum Gasteiger partial charge on any atom is 0.430 e. The molecule has 0 saturated carbocycles. The van der Waals surface area contributed by atoms with Crippen LogP contribution in [0.3, 0.4) is 0 Å². The number of carboxylic acids is 1. The normalized spacial score (nSPS) is 16.8. The fraction of sp³-hybridized carbons (Fsp3) is 0.308. The van der Waals surface area contributed by atoms with Crippen LogP contribution < -0.4 is 10.8 Å². The van der Waals surface area contributed by atoms with Gasteiger partial charge in [0.25, 0.3) is 5.91 Å². The molecular weight excluding hydrogens is 321 g/mol. The predicted octanol–water partition coefficient (Wildman–Crippen LogP) is -0.925. The maximum absolute atomic E-state index is 11.4. The molecule has 7 nitrogen and oxygen atoms in total. The van der Waals surface area contributed by atoms with E-state index in [0.717, 1.165) is 10.5 Å². The van der Waals surface area contributed by atoms with Crippen molar-refractivity contribution in [1.29, 1.82) is 0 Å². The quantitative estimate of drug-likeness (QED) is 0.702. The number of hydrogen-bond acceptors (Lipinski definition) is 5. The number of carbonyl (C=O) groups excluding carboxylic acids is 3. The second kappa shape index (κ2) is 7.58. The minimum absolute atomic E-state index is 0.186. The van der Waals surface area contributed by atoms with Crippen molar-refractivity contribution in [3.63, 3.8) is 0 Å². The van der Waals surface area contributed by atoms with Crippen molar-refractivity contribution in [1.82, 2.24) is 4.90 Å². The van der Waals surface area contributed by atoms with E-state index >= 15 is 0 Å². The van der Waals surface area contributed by atoms with Crippen LogP contribution in [-0.2, 0) is 20.9 Å². The van der Waals surface area contributed by atoms with E-state index in [2.05, 4.69) is 5.73 Å². The molecule has 1 atom stereocenters. The largest absolute Gasteiger partial charge is 0.542 e. The highest BCUT2D eigenvalue weighted by Crippen LogP contribution is 2.11. The van der Waals surface area contributed by atoms with Gasteiger partial charge in [0.05, 0.1) is 6.54 Å². The van der Waals surface area contributed by atoms with Crippen LogP contribution in [-0.4, -0.2) is 41.6 Å². The molecule has 2 amide bonds. The number of carbonyl (C=O) groups is 3. The topological polar surface area (TPSA) is 114 Å². The van der Waals surface area contributed by atoms with Gasteiger partial charge in [0, 0.05) is 0 Å². The van der Waals surface area contributed by atoms with E-state index in [0.29, 0.717) is 6.54 Å². The lowest BCUT2D eigenvalue weighted by Crippen LogP contribution is -2.79. The van der Waals surface area contributed by atoms with Gasteiger partial charge < -0.3 is 20.4 Å². The highest BCUT2D eigenvalue weighted by Gasteiger charge is 2.42. The summed E-state index contributed by atoms with van der Waals surface area (Å²) in [6.07, 6.45) is -5.78. The smallest absolute Gasteiger partial charge is 0.430 e. The number of hydrogen-bond donors (Lipinski definition) is 1. The molecule has 1 aromatic carbocycles. The van der Waals surface area contributed by atoms with Crippen molar-refractivity contribution >= 4 is 18.0 Å². The van der Waals surface area contributed by atoms with Crippen LogP contribution in [0.1, 0.15) is 5.56 Å². The zero-order chi connectivity index (χ0) is 17.6. The Labute approximate surface area is 128 Å². The maximum atomic E-state index is 11.4. The van der Waals surface area contributed by atoms with Crippen molar-refractivity contribution < 1.29 is 43.1 Å². The third-order valence-electron chi connectivity index (χ3n) is 2.68. The van der Waals surface area contributed by atoms with Crippen LogP contribution >= 0.6 is 0 Å². The minimum Gasteiger partial charge on any atom is -0.542 e. The number of nitrogens with zero attached hydrogens (tertiary/aromatic N) is 1. The Morgan fingerprint density at radius 2 is 1.83 bits per heavy atom. The fourth-order valence-electron chi connectivity index (χ4n) is 1.46. The van der Waals surface area contributed by atoms with E-state index in [1.807, 2.05) is 30.3 Å². The van der Waals surface area contributed by atoms with Crippen molar-refractivity contribution in [2.75, 3.05) is 6.54 Å². The second-order valence-electron chi connectivity index (χ2n) is 4.47. The molecule has 1 aromatic rings. The zero-order valence-electron chi connectivity index (χ0n) is 11.7. The average Bonchev–Trinajstić information content (AvgIpc) is 2.50. The molecule has 0 aromatic heterocycles. The van der Waals surface area contributed by atoms with Crippen LogP contribution in [0, 0.1) is 0 Å². The summed E-state index contributed by atoms with van der Waals surface area (Å²) in [6, 6.07) is 9.03. The molecule has 1 heterocycles. The summed E-state index contributed by atoms with van der Waals surface area (Å²) in [5.74, 6) is -3.27. The first-order valence-corrected chi connectivity index (χ1v) is 6.26. The molecule has 1 aliphatic rings. The second-order valence-corrected chi connectivity index (χ2v) is 4.47. The number of amides is 2. The Kier molecular flexibility index (Phi) is 6.08. The van der Waals surface area contributed by atoms with Gasteiger partial charge in [0.15, 0.2) is 6.04 Å². The number of rotatable bonds is 2. The van der Waals surface area contributed by atoms with Crippen molar-refractivity contribution in [2.45, 2.75) is 18.8 Å². The van der Waals surface area contributed by atoms with Crippen LogP contribution in [0.15, 0.2) is 30.3 Å². The minimum atomic E-state index is -5.19. The molecule has 2 rings (SSSR count). The molecule has 10 heteroatoms. The van der Waals surface area contributed by atoms with Gasteiger partial charge >= 0.3 is 12.3 Å². The first-order valence-electron chi connectivity index (χ1n) is 6.26. The summed E-state index contributed by atoms with van der Waals surface area (Å²) in [5, 5.41) is 8.78. The summed E-state index contributed by atoms with van der Waals surface area (Å²) in [4.78, 5) is 32.4. The van der Waals surface area contributed by atoms with Crippen molar-refractivity contribution in [3.05, 3.63) is 35.9 Å². The Bertz CT molecular complexity index is 577. The molecule has 1 aliphatic heterocycles. The van der Waals surface area contributed by atoms with Gasteiger partial charge in [0.2, 0.25) is 0 Å². The third-order valence-corrected chi connectivity index (χ3v) is 2.68. The summed E-state index contributed by atoms with van der Waals surface area (Å²) < 4.78 is 36.5. The Balaban J connectivity index is 0.000000322. The SMILES string of the molecule is O=C([O-])C(F)(F)F.[NH3+][C@H]1CN(C(=O)OCc2ccccc2)C1=O. The van der Waals surface area contributed by atoms with Crippen LogP contribution in [0.4, 0.5) is 18.0 Å². The van der Waals surface area contributed by atoms with Crippen LogP contribution in [0.25, 0.3) is 0 Å². The van der Waals surface area contributed by atoms with Gasteiger partial charge in [-0.05, 0) is 5.56 Å². The number of imide groups is 1. The number of carboxylic acid groups (broad SMARTS) is 1. The van der Waals surface area contributed by atoms with Gasteiger partial charge in [-0.1, -0.05) is 30.3 Å². The molecule has 1 saturated heterocycles. The summed E-state index contributed by atoms with van der Waals surface area (Å²) in [7, 11) is 0. The van der Waals surface area contributed by atoms with Gasteiger partial charge in [0.1, 0.15) is 12.6 Å². The lowest BCUT2D eigenvalue weighted by atomic mass is 10.1. The predicted molar refractivity (Wildman–Crippen MR) is 66.1 cm³/mol. The van der Waals surface area contributed by atoms with Gasteiger partial charge in [-0.2, -0.15) is 13.2 Å². The zero-order valence-corrected chi connectivity index (χ0v) is 11.7. The molecule has 1 fully saturated rings. The number of ether oxygens (including phenoxy) is 1. The number of benzene rings is 1. The highest BCUT2D eigenvalue weighted by molar-refractivity contribution is 5.99. The number of likely N-dealkylation sites (tertiary alicyclic amines) is 1. The fourth-order valence-corrected chi connectivity index (χ4v) is 1.46. The van der Waals surface area contributed by atoms with E-state index < -0.39 is 18.2 Å². The Morgan fingerprint density at radius 1 is 1.30 bits per heavy atom. The molecule has 0 aliphatic carbocycles. The Morgan fingerprint density at radius 3 is 2.22 bits per heavy atom. The lowest BCUT2D eigenvalue weighted by Gasteiger charge is -2.30. The van der Waals surface area contributed by atoms with E-state index in [9.17, 15) is 22.8 Å². The standard InChI is InChI=1S/C11H12N2O3.C2HF3O2/c12-9-6-13(10(9)14)11(15)16-7-8-4-2-1-3-5-8;3-2(4,5)1(6)7/h1-5,9H,6-7,12H2;(H,6,7)/t9-;/m0./s1. The molecule has 23 heavy (non-hydrogen) atoms. The highest BCUT2D eigenvalue weighted by atomic mass is 19.4. The molecule has 0 spiro atoms. The number of quaternary nitrogens is 1.